The first kappa shape index (κ1) is 27.5. The van der Waals surface area contributed by atoms with Gasteiger partial charge in [0.1, 0.15) is 24.1 Å². The van der Waals surface area contributed by atoms with Crippen molar-refractivity contribution in [3.63, 3.8) is 0 Å². The molecule has 1 aliphatic rings. The summed E-state index contributed by atoms with van der Waals surface area (Å²) in [5.41, 5.74) is 1.48. The van der Waals surface area contributed by atoms with Crippen molar-refractivity contribution in [1.29, 1.82) is 0 Å². The van der Waals surface area contributed by atoms with E-state index >= 15 is 0 Å². The van der Waals surface area contributed by atoms with Crippen molar-refractivity contribution in [2.24, 2.45) is 0 Å². The maximum Gasteiger partial charge on any atom is 0.335 e. The van der Waals surface area contributed by atoms with Gasteiger partial charge >= 0.3 is 5.97 Å². The van der Waals surface area contributed by atoms with E-state index < -0.39 is 36.7 Å². The molecule has 11 nitrogen and oxygen atoms in total. The first-order chi connectivity index (χ1) is 17.3. The summed E-state index contributed by atoms with van der Waals surface area (Å²) >= 11 is 0. The molecular weight excluding hydrogens is 474 g/mol. The Kier molecular flexibility index (Phi) is 10.2. The van der Waals surface area contributed by atoms with E-state index in [-0.39, 0.29) is 44.4 Å². The molecule has 1 amide bonds. The van der Waals surface area contributed by atoms with E-state index in [4.69, 9.17) is 18.9 Å². The molecule has 1 heterocycles. The van der Waals surface area contributed by atoms with Crippen LogP contribution in [0.15, 0.2) is 48.5 Å². The Labute approximate surface area is 208 Å². The molecule has 3 rings (SSSR count). The van der Waals surface area contributed by atoms with Gasteiger partial charge in [0.05, 0.1) is 31.5 Å². The first-order valence-corrected chi connectivity index (χ1v) is 11.5. The van der Waals surface area contributed by atoms with Gasteiger partial charge in [-0.3, -0.25) is 4.79 Å². The highest BCUT2D eigenvalue weighted by molar-refractivity contribution is 5.89. The predicted octanol–water partition coefficient (Wildman–Crippen LogP) is 0.408. The fourth-order valence-corrected chi connectivity index (χ4v) is 3.58. The summed E-state index contributed by atoms with van der Waals surface area (Å²) in [4.78, 5) is 23.4. The first-order valence-electron chi connectivity index (χ1n) is 11.5. The van der Waals surface area contributed by atoms with Crippen LogP contribution in [0, 0.1) is 0 Å². The molecule has 2 aromatic carbocycles. The van der Waals surface area contributed by atoms with Crippen molar-refractivity contribution in [3.05, 3.63) is 54.1 Å². The second kappa shape index (κ2) is 13.3. The zero-order valence-electron chi connectivity index (χ0n) is 19.8. The highest BCUT2D eigenvalue weighted by Crippen LogP contribution is 2.30. The highest BCUT2D eigenvalue weighted by Gasteiger charge is 2.42. The van der Waals surface area contributed by atoms with Crippen molar-refractivity contribution in [2.75, 3.05) is 33.0 Å². The Balaban J connectivity index is 1.35. The quantitative estimate of drug-likeness (QED) is 0.255. The van der Waals surface area contributed by atoms with Gasteiger partial charge in [-0.2, -0.15) is 0 Å². The third-order valence-corrected chi connectivity index (χ3v) is 5.55. The number of hydrogen-bond donors (Lipinski definition) is 5. The Morgan fingerprint density at radius 3 is 2.53 bits per heavy atom. The van der Waals surface area contributed by atoms with Crippen molar-refractivity contribution >= 4 is 11.9 Å². The molecule has 0 bridgehead atoms. The maximum atomic E-state index is 12.1. The average molecular weight is 506 g/mol. The molecule has 0 aliphatic carbocycles. The number of aromatic carboxylic acids is 1. The smallest absolute Gasteiger partial charge is 0.335 e. The van der Waals surface area contributed by atoms with Crippen molar-refractivity contribution in [2.45, 2.75) is 37.6 Å². The second-order valence-electron chi connectivity index (χ2n) is 8.19. The Morgan fingerprint density at radius 1 is 0.972 bits per heavy atom. The van der Waals surface area contributed by atoms with Crippen LogP contribution >= 0.6 is 0 Å². The summed E-state index contributed by atoms with van der Waals surface area (Å²) in [6.07, 6.45) is -5.69. The van der Waals surface area contributed by atoms with E-state index in [1.165, 1.54) is 6.07 Å². The van der Waals surface area contributed by atoms with Gasteiger partial charge in [-0.05, 0) is 30.7 Å². The largest absolute Gasteiger partial charge is 0.483 e. The predicted molar refractivity (Wildman–Crippen MR) is 126 cm³/mol. The number of carbonyl (C=O) groups excluding carboxylic acids is 1. The van der Waals surface area contributed by atoms with Crippen LogP contribution in [0.4, 0.5) is 0 Å². The second-order valence-corrected chi connectivity index (χ2v) is 8.19. The van der Waals surface area contributed by atoms with Crippen LogP contribution in [0.1, 0.15) is 17.3 Å². The van der Waals surface area contributed by atoms with Crippen LogP contribution in [-0.2, 0) is 19.0 Å². The number of hydrogen-bond acceptors (Lipinski definition) is 9. The third-order valence-electron chi connectivity index (χ3n) is 5.55. The van der Waals surface area contributed by atoms with Crippen molar-refractivity contribution < 1.29 is 49.0 Å². The van der Waals surface area contributed by atoms with E-state index in [1.807, 2.05) is 0 Å². The summed E-state index contributed by atoms with van der Waals surface area (Å²) in [6, 6.07) is 13.5. The van der Waals surface area contributed by atoms with E-state index in [0.717, 1.165) is 0 Å². The molecule has 11 heteroatoms. The molecule has 1 saturated heterocycles. The molecule has 1 fully saturated rings. The lowest BCUT2D eigenvalue weighted by Gasteiger charge is -2.38. The van der Waals surface area contributed by atoms with Gasteiger partial charge < -0.3 is 44.7 Å². The van der Waals surface area contributed by atoms with Gasteiger partial charge in [0.15, 0.2) is 12.9 Å². The number of carboxylic acids is 1. The minimum atomic E-state index is -1.37. The molecule has 5 atom stereocenters. The van der Waals surface area contributed by atoms with Crippen molar-refractivity contribution in [1.82, 2.24) is 5.32 Å². The molecular formula is C25H31NO10. The number of carboxylic acid groups (broad SMARTS) is 1. The molecule has 2 aromatic rings. The summed E-state index contributed by atoms with van der Waals surface area (Å²) in [5.74, 6) is -0.941. The number of nitrogens with one attached hydrogen (secondary N) is 1. The Morgan fingerprint density at radius 2 is 1.75 bits per heavy atom. The van der Waals surface area contributed by atoms with E-state index in [1.54, 1.807) is 49.4 Å². The summed E-state index contributed by atoms with van der Waals surface area (Å²) in [7, 11) is 0. The zero-order valence-corrected chi connectivity index (χ0v) is 19.8. The number of aliphatic hydroxyl groups is 3. The molecule has 0 saturated carbocycles. The lowest BCUT2D eigenvalue weighted by Crippen LogP contribution is -2.57. The lowest BCUT2D eigenvalue weighted by molar-refractivity contribution is -0.294. The van der Waals surface area contributed by atoms with Gasteiger partial charge in [-0.25, -0.2) is 4.79 Å². The van der Waals surface area contributed by atoms with E-state index in [2.05, 4.69) is 5.32 Å². The monoisotopic (exact) mass is 505 g/mol. The van der Waals surface area contributed by atoms with Crippen molar-refractivity contribution in [3.8, 4) is 16.9 Å². The fraction of sp³-hybridized carbons (Fsp3) is 0.440. The zero-order chi connectivity index (χ0) is 26.1. The van der Waals surface area contributed by atoms with Crippen LogP contribution < -0.4 is 10.1 Å². The Hall–Kier alpha value is -3.06. The molecule has 0 radical (unpaired) electrons. The lowest BCUT2D eigenvalue weighted by atomic mass is 10.0. The molecule has 0 unspecified atom stereocenters. The van der Waals surface area contributed by atoms with E-state index in [0.29, 0.717) is 16.9 Å². The fourth-order valence-electron chi connectivity index (χ4n) is 3.58. The molecule has 1 aliphatic heterocycles. The van der Waals surface area contributed by atoms with E-state index in [9.17, 15) is 30.0 Å². The molecule has 5 N–H and O–H groups in total. The number of amides is 1. The number of rotatable bonds is 12. The number of para-hydroxylation sites is 1. The van der Waals surface area contributed by atoms with Gasteiger partial charge in [0, 0.05) is 12.1 Å². The Bertz CT molecular complexity index is 1020. The van der Waals surface area contributed by atoms with Gasteiger partial charge in [0.2, 0.25) is 0 Å². The SMILES string of the molecule is C[C@@H]1O[C@@H](OCCOCCNC(=O)COc2ccccc2-c2cccc(C(=O)O)c2)[C@H](O)[C@H](O)[C@H]1O. The van der Waals surface area contributed by atoms with Crippen LogP contribution in [0.2, 0.25) is 0 Å². The number of carbonyl (C=O) groups is 2. The normalized spacial score (nSPS) is 23.7. The number of aliphatic hydroxyl groups excluding tert-OH is 3. The van der Waals surface area contributed by atoms with Crippen LogP contribution in [0.5, 0.6) is 5.75 Å². The maximum absolute atomic E-state index is 12.1. The van der Waals surface area contributed by atoms with Gasteiger partial charge in [-0.1, -0.05) is 30.3 Å². The molecule has 0 aromatic heterocycles. The molecule has 196 valence electrons. The summed E-state index contributed by atoms with van der Waals surface area (Å²) in [6.45, 7) is 2.01. The van der Waals surface area contributed by atoms with Crippen LogP contribution in [0.3, 0.4) is 0 Å². The minimum absolute atomic E-state index is 0.0776. The van der Waals surface area contributed by atoms with Crippen LogP contribution in [-0.4, -0.2) is 96.0 Å². The number of benzene rings is 2. The highest BCUT2D eigenvalue weighted by atomic mass is 16.7. The number of ether oxygens (including phenoxy) is 4. The van der Waals surface area contributed by atoms with Crippen LogP contribution in [0.25, 0.3) is 11.1 Å². The average Bonchev–Trinajstić information content (AvgIpc) is 2.88. The standard InChI is InChI=1S/C25H31NO10/c1-15-21(28)22(29)23(30)25(36-15)34-12-11-33-10-9-26-20(27)14-35-19-8-3-2-7-18(19)16-5-4-6-17(13-16)24(31)32/h2-8,13,15,21-23,25,28-30H,9-12,14H2,1H3,(H,26,27)(H,31,32)/t15-,21-,22+,23+,25+/m0/s1. The van der Waals surface area contributed by atoms with Gasteiger partial charge in [0.25, 0.3) is 5.91 Å². The topological polar surface area (TPSA) is 164 Å². The molecule has 36 heavy (non-hydrogen) atoms. The minimum Gasteiger partial charge on any atom is -0.483 e. The third kappa shape index (κ3) is 7.47. The van der Waals surface area contributed by atoms with Gasteiger partial charge in [-0.15, -0.1) is 0 Å². The summed E-state index contributed by atoms with van der Waals surface area (Å²) < 4.78 is 21.7. The summed E-state index contributed by atoms with van der Waals surface area (Å²) in [5, 5.41) is 41.2. The molecule has 0 spiro atoms.